The molecule has 1 aliphatic heterocycles. The summed E-state index contributed by atoms with van der Waals surface area (Å²) in [5, 5.41) is 8.71. The van der Waals surface area contributed by atoms with E-state index >= 15 is 0 Å². The van der Waals surface area contributed by atoms with Crippen LogP contribution in [0.4, 0.5) is 0 Å². The zero-order chi connectivity index (χ0) is 19.9. The number of nitrogens with two attached hydrogens (primary N) is 1. The molecule has 2 aromatic rings. The van der Waals surface area contributed by atoms with Crippen molar-refractivity contribution in [1.29, 1.82) is 0 Å². The molecule has 0 aliphatic carbocycles. The number of thiophene rings is 1. The molecule has 29 heavy (non-hydrogen) atoms. The van der Waals surface area contributed by atoms with E-state index in [1.165, 1.54) is 4.88 Å². The average Bonchev–Trinajstić information content (AvgIpc) is 3.36. The van der Waals surface area contributed by atoms with E-state index in [2.05, 4.69) is 45.0 Å². The van der Waals surface area contributed by atoms with Crippen molar-refractivity contribution in [2.75, 3.05) is 33.3 Å². The Balaban J connectivity index is 0.00000300. The van der Waals surface area contributed by atoms with E-state index in [0.29, 0.717) is 18.3 Å². The SMILES string of the molecule is CN=C(NCc1ccc(C(N)=O)o1)NCC(c1cccs1)N1CCOC(C)C1.I. The maximum absolute atomic E-state index is 11.1. The van der Waals surface area contributed by atoms with Crippen LogP contribution < -0.4 is 16.4 Å². The third-order valence-electron chi connectivity index (χ3n) is 4.61. The normalized spacial score (nSPS) is 18.7. The molecule has 3 heterocycles. The Kier molecular flexibility index (Phi) is 9.40. The van der Waals surface area contributed by atoms with Gasteiger partial charge in [0.25, 0.3) is 5.91 Å². The molecule has 0 radical (unpaired) electrons. The Morgan fingerprint density at radius 3 is 2.86 bits per heavy atom. The lowest BCUT2D eigenvalue weighted by Crippen LogP contribution is -2.47. The van der Waals surface area contributed by atoms with Crippen LogP contribution in [0.25, 0.3) is 0 Å². The van der Waals surface area contributed by atoms with Gasteiger partial charge in [-0.2, -0.15) is 0 Å². The average molecular weight is 533 g/mol. The number of hydrogen-bond donors (Lipinski definition) is 3. The van der Waals surface area contributed by atoms with Crippen molar-refractivity contribution >= 4 is 47.2 Å². The number of guanidine groups is 1. The fraction of sp³-hybridized carbons (Fsp3) is 0.474. The standard InChI is InChI=1S/C19H27N5O3S.HI/c1-13-12-24(7-8-26-13)15(17-4-3-9-28-17)11-23-19(21-2)22-10-14-5-6-16(27-14)18(20)25;/h3-6,9,13,15H,7-8,10-12H2,1-2H3,(H2,20,25)(H2,21,22,23);1H. The van der Waals surface area contributed by atoms with Crippen LogP contribution in [0.3, 0.4) is 0 Å². The summed E-state index contributed by atoms with van der Waals surface area (Å²) in [5.41, 5.74) is 5.22. The molecule has 1 amide bonds. The molecule has 0 aromatic carbocycles. The third kappa shape index (κ3) is 6.69. The van der Waals surface area contributed by atoms with E-state index in [9.17, 15) is 4.79 Å². The lowest BCUT2D eigenvalue weighted by molar-refractivity contribution is -0.0334. The topological polar surface area (TPSA) is 105 Å². The Labute approximate surface area is 191 Å². The Bertz CT molecular complexity index is 796. The van der Waals surface area contributed by atoms with Gasteiger partial charge < -0.3 is 25.5 Å². The van der Waals surface area contributed by atoms with Crippen LogP contribution in [0, 0.1) is 0 Å². The number of ether oxygens (including phenoxy) is 1. The van der Waals surface area contributed by atoms with Crippen LogP contribution in [0.15, 0.2) is 39.1 Å². The van der Waals surface area contributed by atoms with Gasteiger partial charge in [0.15, 0.2) is 11.7 Å². The molecule has 2 unspecified atom stereocenters. The van der Waals surface area contributed by atoms with E-state index in [0.717, 1.165) is 26.2 Å². The maximum atomic E-state index is 11.1. The monoisotopic (exact) mass is 533 g/mol. The number of nitrogens with zero attached hydrogens (tertiary/aromatic N) is 2. The van der Waals surface area contributed by atoms with E-state index in [4.69, 9.17) is 14.9 Å². The van der Waals surface area contributed by atoms with E-state index in [1.807, 2.05) is 0 Å². The van der Waals surface area contributed by atoms with Gasteiger partial charge in [-0.25, -0.2) is 0 Å². The van der Waals surface area contributed by atoms with Gasteiger partial charge in [-0.15, -0.1) is 35.3 Å². The molecule has 1 aliphatic rings. The summed E-state index contributed by atoms with van der Waals surface area (Å²) >= 11 is 1.76. The first-order valence-electron chi connectivity index (χ1n) is 9.29. The molecular formula is C19H28IN5O3S. The lowest BCUT2D eigenvalue weighted by Gasteiger charge is -2.37. The molecule has 0 bridgehead atoms. The highest BCUT2D eigenvalue weighted by Gasteiger charge is 2.26. The van der Waals surface area contributed by atoms with E-state index < -0.39 is 5.91 Å². The summed E-state index contributed by atoms with van der Waals surface area (Å²) in [6.45, 7) is 5.79. The fourth-order valence-electron chi connectivity index (χ4n) is 3.21. The maximum Gasteiger partial charge on any atom is 0.284 e. The predicted octanol–water partition coefficient (Wildman–Crippen LogP) is 2.19. The molecule has 160 valence electrons. The Hall–Kier alpha value is -1.63. The van der Waals surface area contributed by atoms with Crippen LogP contribution >= 0.6 is 35.3 Å². The summed E-state index contributed by atoms with van der Waals surface area (Å²) in [5.74, 6) is 0.861. The molecule has 3 rings (SSSR count). The molecule has 10 heteroatoms. The first kappa shape index (κ1) is 23.6. The first-order chi connectivity index (χ1) is 13.6. The number of carbonyl (C=O) groups excluding carboxylic acids is 1. The number of rotatable bonds is 7. The summed E-state index contributed by atoms with van der Waals surface area (Å²) in [7, 11) is 1.73. The predicted molar refractivity (Wildman–Crippen MR) is 125 cm³/mol. The van der Waals surface area contributed by atoms with Crippen LogP contribution in [-0.4, -0.2) is 56.2 Å². The lowest BCUT2D eigenvalue weighted by atomic mass is 10.1. The van der Waals surface area contributed by atoms with Crippen LogP contribution in [0.2, 0.25) is 0 Å². The number of nitrogens with one attached hydrogen (secondary N) is 2. The number of amides is 1. The second-order valence-corrected chi connectivity index (χ2v) is 7.62. The highest BCUT2D eigenvalue weighted by molar-refractivity contribution is 14.0. The number of morpholine rings is 1. The molecule has 1 fully saturated rings. The van der Waals surface area contributed by atoms with E-state index in [-0.39, 0.29) is 41.9 Å². The second-order valence-electron chi connectivity index (χ2n) is 6.64. The zero-order valence-corrected chi connectivity index (χ0v) is 19.7. The molecule has 2 aromatic heterocycles. The van der Waals surface area contributed by atoms with Gasteiger partial charge in [-0.1, -0.05) is 6.07 Å². The minimum Gasteiger partial charge on any atom is -0.454 e. The van der Waals surface area contributed by atoms with Crippen molar-refractivity contribution in [2.24, 2.45) is 10.7 Å². The number of furan rings is 1. The van der Waals surface area contributed by atoms with Crippen LogP contribution in [0.5, 0.6) is 0 Å². The largest absolute Gasteiger partial charge is 0.454 e. The molecular weight excluding hydrogens is 505 g/mol. The smallest absolute Gasteiger partial charge is 0.284 e. The molecule has 1 saturated heterocycles. The first-order valence-corrected chi connectivity index (χ1v) is 10.2. The molecule has 2 atom stereocenters. The van der Waals surface area contributed by atoms with Gasteiger partial charge >= 0.3 is 0 Å². The van der Waals surface area contributed by atoms with Crippen molar-refractivity contribution in [1.82, 2.24) is 15.5 Å². The highest BCUT2D eigenvalue weighted by atomic mass is 127. The summed E-state index contributed by atoms with van der Waals surface area (Å²) < 4.78 is 11.1. The quantitative estimate of drug-likeness (QED) is 0.287. The van der Waals surface area contributed by atoms with Gasteiger partial charge in [-0.05, 0) is 30.5 Å². The zero-order valence-electron chi connectivity index (χ0n) is 16.6. The molecule has 0 saturated carbocycles. The Morgan fingerprint density at radius 2 is 2.24 bits per heavy atom. The van der Waals surface area contributed by atoms with Gasteiger partial charge in [0.1, 0.15) is 5.76 Å². The van der Waals surface area contributed by atoms with Gasteiger partial charge in [0.2, 0.25) is 0 Å². The number of hydrogen-bond acceptors (Lipinski definition) is 6. The van der Waals surface area contributed by atoms with Gasteiger partial charge in [-0.3, -0.25) is 14.7 Å². The molecule has 4 N–H and O–H groups in total. The summed E-state index contributed by atoms with van der Waals surface area (Å²) in [4.78, 5) is 19.2. The highest BCUT2D eigenvalue weighted by Crippen LogP contribution is 2.26. The second kappa shape index (κ2) is 11.5. The number of halogens is 1. The molecule has 0 spiro atoms. The van der Waals surface area contributed by atoms with E-state index in [1.54, 1.807) is 30.5 Å². The van der Waals surface area contributed by atoms with Crippen molar-refractivity contribution in [3.05, 3.63) is 46.0 Å². The van der Waals surface area contributed by atoms with Gasteiger partial charge in [0.05, 0.1) is 25.3 Å². The van der Waals surface area contributed by atoms with Gasteiger partial charge in [0, 0.05) is 31.6 Å². The summed E-state index contributed by atoms with van der Waals surface area (Å²) in [6, 6.07) is 7.79. The van der Waals surface area contributed by atoms with Crippen LogP contribution in [0.1, 0.15) is 34.2 Å². The Morgan fingerprint density at radius 1 is 1.41 bits per heavy atom. The number of carbonyl (C=O) groups is 1. The number of primary amides is 1. The van der Waals surface area contributed by atoms with Crippen molar-refractivity contribution in [3.63, 3.8) is 0 Å². The van der Waals surface area contributed by atoms with Crippen molar-refractivity contribution < 1.29 is 13.9 Å². The number of aliphatic imine (C=N–C) groups is 1. The summed E-state index contributed by atoms with van der Waals surface area (Å²) in [6.07, 6.45) is 0.229. The van der Waals surface area contributed by atoms with Crippen molar-refractivity contribution in [3.8, 4) is 0 Å². The minimum atomic E-state index is -0.577. The molecule has 8 nitrogen and oxygen atoms in total. The minimum absolute atomic E-state index is 0. The third-order valence-corrected chi connectivity index (χ3v) is 5.58. The fourth-order valence-corrected chi connectivity index (χ4v) is 4.07. The van der Waals surface area contributed by atoms with Crippen LogP contribution in [-0.2, 0) is 11.3 Å². The van der Waals surface area contributed by atoms with Crippen molar-refractivity contribution in [2.45, 2.75) is 25.6 Å².